The van der Waals surface area contributed by atoms with Crippen molar-refractivity contribution in [3.8, 4) is 0 Å². The summed E-state index contributed by atoms with van der Waals surface area (Å²) in [7, 11) is 0. The minimum atomic E-state index is -0.439. The number of amides is 1. The van der Waals surface area contributed by atoms with Crippen LogP contribution in [0.15, 0.2) is 24.3 Å². The standard InChI is InChI=1S/C18H25N5O3/c1-5-21(6-2)16-9-7-15(8-10-16)19-17(24)11-12-22-14(4)18(23(25)26)13(3)20-22/h7-10H,5-6,11-12H2,1-4H3,(H,19,24). The molecule has 1 aromatic heterocycles. The quantitative estimate of drug-likeness (QED) is 0.577. The van der Waals surface area contributed by atoms with E-state index >= 15 is 0 Å². The van der Waals surface area contributed by atoms with E-state index in [4.69, 9.17) is 0 Å². The Morgan fingerprint density at radius 1 is 1.23 bits per heavy atom. The topological polar surface area (TPSA) is 93.3 Å². The van der Waals surface area contributed by atoms with Crippen LogP contribution in [-0.2, 0) is 11.3 Å². The highest BCUT2D eigenvalue weighted by molar-refractivity contribution is 5.90. The maximum absolute atomic E-state index is 12.2. The molecule has 26 heavy (non-hydrogen) atoms. The van der Waals surface area contributed by atoms with Crippen LogP contribution in [0.25, 0.3) is 0 Å². The normalized spacial score (nSPS) is 10.6. The molecule has 2 aromatic rings. The van der Waals surface area contributed by atoms with Gasteiger partial charge in [-0.25, -0.2) is 0 Å². The lowest BCUT2D eigenvalue weighted by molar-refractivity contribution is -0.386. The molecule has 0 saturated heterocycles. The highest BCUT2D eigenvalue weighted by Gasteiger charge is 2.21. The van der Waals surface area contributed by atoms with E-state index in [1.807, 2.05) is 24.3 Å². The molecule has 1 amide bonds. The smallest absolute Gasteiger partial charge is 0.312 e. The van der Waals surface area contributed by atoms with E-state index in [9.17, 15) is 14.9 Å². The van der Waals surface area contributed by atoms with Crippen LogP contribution in [-0.4, -0.2) is 33.7 Å². The first kappa shape index (κ1) is 19.4. The van der Waals surface area contributed by atoms with Gasteiger partial charge in [0.2, 0.25) is 5.91 Å². The molecular formula is C18H25N5O3. The Morgan fingerprint density at radius 3 is 2.35 bits per heavy atom. The number of carbonyl (C=O) groups excluding carboxylic acids is 1. The van der Waals surface area contributed by atoms with Gasteiger partial charge >= 0.3 is 5.69 Å². The average Bonchev–Trinajstić information content (AvgIpc) is 2.89. The van der Waals surface area contributed by atoms with Crippen LogP contribution < -0.4 is 10.2 Å². The van der Waals surface area contributed by atoms with Gasteiger partial charge in [0.15, 0.2) is 0 Å². The van der Waals surface area contributed by atoms with Crippen LogP contribution in [0, 0.1) is 24.0 Å². The Kier molecular flexibility index (Phi) is 6.32. The first-order chi connectivity index (χ1) is 12.4. The summed E-state index contributed by atoms with van der Waals surface area (Å²) in [6.07, 6.45) is 0.191. The summed E-state index contributed by atoms with van der Waals surface area (Å²) >= 11 is 0. The van der Waals surface area contributed by atoms with Crippen molar-refractivity contribution in [1.29, 1.82) is 0 Å². The summed E-state index contributed by atoms with van der Waals surface area (Å²) in [4.78, 5) is 25.0. The van der Waals surface area contributed by atoms with Crippen LogP contribution in [0.3, 0.4) is 0 Å². The lowest BCUT2D eigenvalue weighted by atomic mass is 10.2. The van der Waals surface area contributed by atoms with Crippen molar-refractivity contribution >= 4 is 23.0 Å². The second-order valence-electron chi connectivity index (χ2n) is 6.02. The molecule has 0 radical (unpaired) electrons. The van der Waals surface area contributed by atoms with E-state index in [0.29, 0.717) is 17.9 Å². The van der Waals surface area contributed by atoms with Gasteiger partial charge in [-0.15, -0.1) is 0 Å². The Labute approximate surface area is 153 Å². The first-order valence-electron chi connectivity index (χ1n) is 8.70. The summed E-state index contributed by atoms with van der Waals surface area (Å²) in [6.45, 7) is 9.59. The minimum absolute atomic E-state index is 0.0115. The lowest BCUT2D eigenvalue weighted by Gasteiger charge is -2.21. The predicted octanol–water partition coefficient (Wildman–Crippen LogP) is 3.28. The molecule has 0 aliphatic carbocycles. The summed E-state index contributed by atoms with van der Waals surface area (Å²) in [5.41, 5.74) is 2.68. The summed E-state index contributed by atoms with van der Waals surface area (Å²) in [5.74, 6) is -0.157. The molecule has 0 bridgehead atoms. The highest BCUT2D eigenvalue weighted by Crippen LogP contribution is 2.22. The van der Waals surface area contributed by atoms with Crippen LogP contribution in [0.5, 0.6) is 0 Å². The minimum Gasteiger partial charge on any atom is -0.372 e. The predicted molar refractivity (Wildman–Crippen MR) is 102 cm³/mol. The van der Waals surface area contributed by atoms with Crippen LogP contribution in [0.4, 0.5) is 17.1 Å². The van der Waals surface area contributed by atoms with E-state index in [2.05, 4.69) is 29.2 Å². The molecule has 1 N–H and O–H groups in total. The van der Waals surface area contributed by atoms with Crippen LogP contribution >= 0.6 is 0 Å². The van der Waals surface area contributed by atoms with E-state index < -0.39 is 4.92 Å². The Balaban J connectivity index is 1.95. The van der Waals surface area contributed by atoms with Gasteiger partial charge < -0.3 is 10.2 Å². The fourth-order valence-corrected chi connectivity index (χ4v) is 2.94. The molecule has 140 valence electrons. The number of aromatic nitrogens is 2. The fourth-order valence-electron chi connectivity index (χ4n) is 2.94. The zero-order valence-electron chi connectivity index (χ0n) is 15.7. The molecule has 1 heterocycles. The molecular weight excluding hydrogens is 334 g/mol. The van der Waals surface area contributed by atoms with E-state index in [0.717, 1.165) is 24.5 Å². The van der Waals surface area contributed by atoms with Crippen molar-refractivity contribution in [3.05, 3.63) is 45.8 Å². The third-order valence-corrected chi connectivity index (χ3v) is 4.36. The number of carbonyl (C=O) groups is 1. The van der Waals surface area contributed by atoms with E-state index in [1.165, 1.54) is 4.68 Å². The molecule has 0 aliphatic rings. The van der Waals surface area contributed by atoms with Gasteiger partial charge in [0.1, 0.15) is 11.4 Å². The van der Waals surface area contributed by atoms with Crippen molar-refractivity contribution < 1.29 is 9.72 Å². The SMILES string of the molecule is CCN(CC)c1ccc(NC(=O)CCn2nc(C)c([N+](=O)[O-])c2C)cc1. The monoisotopic (exact) mass is 359 g/mol. The number of aryl methyl sites for hydroxylation is 2. The van der Waals surface area contributed by atoms with Gasteiger partial charge in [0.05, 0.1) is 11.5 Å². The molecule has 0 fully saturated rings. The van der Waals surface area contributed by atoms with Gasteiger partial charge in [-0.2, -0.15) is 5.10 Å². The molecule has 8 heteroatoms. The zero-order chi connectivity index (χ0) is 19.3. The summed E-state index contributed by atoms with van der Waals surface area (Å²) in [6, 6.07) is 7.71. The number of hydrogen-bond donors (Lipinski definition) is 1. The van der Waals surface area contributed by atoms with Crippen LogP contribution in [0.2, 0.25) is 0 Å². The maximum atomic E-state index is 12.2. The Hall–Kier alpha value is -2.90. The molecule has 0 aliphatic heterocycles. The van der Waals surface area contributed by atoms with Gasteiger partial charge in [-0.05, 0) is 52.0 Å². The van der Waals surface area contributed by atoms with Crippen molar-refractivity contribution in [1.82, 2.24) is 9.78 Å². The highest BCUT2D eigenvalue weighted by atomic mass is 16.6. The molecule has 8 nitrogen and oxygen atoms in total. The third kappa shape index (κ3) is 4.38. The van der Waals surface area contributed by atoms with Crippen LogP contribution in [0.1, 0.15) is 31.7 Å². The largest absolute Gasteiger partial charge is 0.372 e. The number of hydrogen-bond acceptors (Lipinski definition) is 5. The Bertz CT molecular complexity index is 779. The fraction of sp³-hybridized carbons (Fsp3) is 0.444. The van der Waals surface area contributed by atoms with Crippen molar-refractivity contribution in [2.24, 2.45) is 0 Å². The second-order valence-corrected chi connectivity index (χ2v) is 6.02. The molecule has 0 saturated carbocycles. The van der Waals surface area contributed by atoms with Crippen molar-refractivity contribution in [3.63, 3.8) is 0 Å². The lowest BCUT2D eigenvalue weighted by Crippen LogP contribution is -2.21. The number of rotatable bonds is 8. The maximum Gasteiger partial charge on any atom is 0.312 e. The molecule has 1 aromatic carbocycles. The van der Waals surface area contributed by atoms with E-state index in [-0.39, 0.29) is 18.0 Å². The Morgan fingerprint density at radius 2 is 1.85 bits per heavy atom. The van der Waals surface area contributed by atoms with Crippen molar-refractivity contribution in [2.45, 2.75) is 40.7 Å². The van der Waals surface area contributed by atoms with Gasteiger partial charge in [0.25, 0.3) is 0 Å². The summed E-state index contributed by atoms with van der Waals surface area (Å²) in [5, 5.41) is 18.0. The molecule has 0 atom stereocenters. The molecule has 2 rings (SSSR count). The van der Waals surface area contributed by atoms with Gasteiger partial charge in [-0.1, -0.05) is 0 Å². The summed E-state index contributed by atoms with van der Waals surface area (Å²) < 4.78 is 1.51. The number of anilines is 2. The second kappa shape index (κ2) is 8.46. The van der Waals surface area contributed by atoms with Gasteiger partial charge in [0, 0.05) is 30.9 Å². The first-order valence-corrected chi connectivity index (χ1v) is 8.70. The number of benzene rings is 1. The zero-order valence-corrected chi connectivity index (χ0v) is 15.7. The molecule has 0 spiro atoms. The number of nitrogens with one attached hydrogen (secondary N) is 1. The average molecular weight is 359 g/mol. The third-order valence-electron chi connectivity index (χ3n) is 4.36. The number of nitro groups is 1. The molecule has 0 unspecified atom stereocenters. The van der Waals surface area contributed by atoms with E-state index in [1.54, 1.807) is 13.8 Å². The van der Waals surface area contributed by atoms with Crippen molar-refractivity contribution in [2.75, 3.05) is 23.3 Å². The number of nitrogens with zero attached hydrogens (tertiary/aromatic N) is 4. The van der Waals surface area contributed by atoms with Gasteiger partial charge in [-0.3, -0.25) is 19.6 Å².